The number of aryl methyl sites for hydroxylation is 2. The quantitative estimate of drug-likeness (QED) is 0.724. The summed E-state index contributed by atoms with van der Waals surface area (Å²) in [5, 5.41) is 3.66. The van der Waals surface area contributed by atoms with Gasteiger partial charge >= 0.3 is 0 Å². The van der Waals surface area contributed by atoms with Crippen molar-refractivity contribution in [2.75, 3.05) is 13.1 Å². The molecule has 110 valence electrons. The van der Waals surface area contributed by atoms with Gasteiger partial charge in [-0.1, -0.05) is 27.7 Å². The second-order valence-corrected chi connectivity index (χ2v) is 7.03. The molecule has 0 radical (unpaired) electrons. The van der Waals surface area contributed by atoms with E-state index >= 15 is 0 Å². The Labute approximate surface area is 123 Å². The highest BCUT2D eigenvalue weighted by molar-refractivity contribution is 7.09. The predicted molar refractivity (Wildman–Crippen MR) is 85.9 cm³/mol. The molecule has 0 unspecified atom stereocenters. The molecule has 0 bridgehead atoms. The summed E-state index contributed by atoms with van der Waals surface area (Å²) in [5.74, 6) is 0.732. The Bertz CT molecular complexity index is 353. The Morgan fingerprint density at radius 2 is 2.00 bits per heavy atom. The fourth-order valence-electron chi connectivity index (χ4n) is 2.51. The molecule has 1 aromatic rings. The second kappa shape index (κ2) is 8.01. The highest BCUT2D eigenvalue weighted by atomic mass is 32.1. The van der Waals surface area contributed by atoms with E-state index < -0.39 is 0 Å². The Balaban J connectivity index is 2.53. The lowest BCUT2D eigenvalue weighted by Crippen LogP contribution is -2.35. The molecular formula is C16H30N2S. The fourth-order valence-corrected chi connectivity index (χ4v) is 3.29. The van der Waals surface area contributed by atoms with E-state index in [0.29, 0.717) is 5.41 Å². The van der Waals surface area contributed by atoms with Gasteiger partial charge in [-0.15, -0.1) is 11.3 Å². The Kier molecular flexibility index (Phi) is 7.01. The summed E-state index contributed by atoms with van der Waals surface area (Å²) in [4.78, 5) is 5.82. The van der Waals surface area contributed by atoms with E-state index in [0.717, 1.165) is 19.0 Å². The van der Waals surface area contributed by atoms with Crippen molar-refractivity contribution in [3.63, 3.8) is 0 Å². The molecule has 0 saturated carbocycles. The van der Waals surface area contributed by atoms with Crippen LogP contribution in [0.4, 0.5) is 0 Å². The average molecular weight is 282 g/mol. The van der Waals surface area contributed by atoms with Crippen LogP contribution in [0, 0.1) is 18.3 Å². The smallest absolute Gasteiger partial charge is 0.0797 e. The molecule has 19 heavy (non-hydrogen) atoms. The topological polar surface area (TPSA) is 24.9 Å². The van der Waals surface area contributed by atoms with Gasteiger partial charge in [0, 0.05) is 11.4 Å². The molecule has 1 N–H and O–H groups in total. The minimum Gasteiger partial charge on any atom is -0.316 e. The van der Waals surface area contributed by atoms with Gasteiger partial charge in [0.1, 0.15) is 0 Å². The van der Waals surface area contributed by atoms with Gasteiger partial charge in [0.15, 0.2) is 0 Å². The minimum atomic E-state index is 0.450. The summed E-state index contributed by atoms with van der Waals surface area (Å²) in [6.45, 7) is 13.6. The van der Waals surface area contributed by atoms with Crippen LogP contribution in [-0.2, 0) is 6.42 Å². The van der Waals surface area contributed by atoms with Gasteiger partial charge in [-0.2, -0.15) is 0 Å². The molecule has 0 aliphatic carbocycles. The molecule has 0 atom stereocenters. The maximum absolute atomic E-state index is 4.36. The van der Waals surface area contributed by atoms with E-state index in [1.54, 1.807) is 0 Å². The molecule has 0 aliphatic heterocycles. The number of rotatable bonds is 9. The Morgan fingerprint density at radius 1 is 1.32 bits per heavy atom. The van der Waals surface area contributed by atoms with Crippen LogP contribution in [-0.4, -0.2) is 18.1 Å². The zero-order valence-electron chi connectivity index (χ0n) is 13.3. The van der Waals surface area contributed by atoms with Crippen molar-refractivity contribution in [2.24, 2.45) is 11.3 Å². The van der Waals surface area contributed by atoms with Crippen LogP contribution in [0.5, 0.6) is 0 Å². The number of hydrogen-bond acceptors (Lipinski definition) is 3. The Morgan fingerprint density at radius 3 is 2.47 bits per heavy atom. The number of thiazole rings is 1. The third-order valence-corrected chi connectivity index (χ3v) is 5.27. The standard InChI is InChI=1S/C16H30N2S/c1-6-16(7-2,11-17-10-13(3)4)9-8-15-14(5)18-12-19-15/h12-13,17H,6-11H2,1-5H3. The zero-order valence-corrected chi connectivity index (χ0v) is 14.1. The van der Waals surface area contributed by atoms with Gasteiger partial charge in [-0.05, 0) is 50.5 Å². The molecule has 0 fully saturated rings. The first-order valence-corrected chi connectivity index (χ1v) is 8.50. The number of nitrogens with zero attached hydrogens (tertiary/aromatic N) is 1. The molecular weight excluding hydrogens is 252 g/mol. The lowest BCUT2D eigenvalue weighted by molar-refractivity contribution is 0.225. The van der Waals surface area contributed by atoms with Crippen LogP contribution >= 0.6 is 11.3 Å². The van der Waals surface area contributed by atoms with E-state index in [2.05, 4.69) is 44.9 Å². The van der Waals surface area contributed by atoms with Crippen LogP contribution in [0.3, 0.4) is 0 Å². The van der Waals surface area contributed by atoms with Crippen molar-refractivity contribution >= 4 is 11.3 Å². The van der Waals surface area contributed by atoms with E-state index in [1.165, 1.54) is 36.3 Å². The number of aromatic nitrogens is 1. The summed E-state index contributed by atoms with van der Waals surface area (Å²) in [6, 6.07) is 0. The monoisotopic (exact) mass is 282 g/mol. The molecule has 0 saturated heterocycles. The van der Waals surface area contributed by atoms with E-state index in [1.807, 2.05) is 16.8 Å². The maximum atomic E-state index is 4.36. The molecule has 0 amide bonds. The molecule has 0 aromatic carbocycles. The number of hydrogen-bond donors (Lipinski definition) is 1. The van der Waals surface area contributed by atoms with Crippen molar-refractivity contribution in [1.82, 2.24) is 10.3 Å². The van der Waals surface area contributed by atoms with Crippen LogP contribution in [0.15, 0.2) is 5.51 Å². The third-order valence-electron chi connectivity index (χ3n) is 4.28. The van der Waals surface area contributed by atoms with Crippen LogP contribution < -0.4 is 5.32 Å². The summed E-state index contributed by atoms with van der Waals surface area (Å²) >= 11 is 1.81. The minimum absolute atomic E-state index is 0.450. The molecule has 3 heteroatoms. The predicted octanol–water partition coefficient (Wildman–Crippen LogP) is 4.44. The molecule has 1 aromatic heterocycles. The first kappa shape index (κ1) is 16.6. The molecule has 2 nitrogen and oxygen atoms in total. The largest absolute Gasteiger partial charge is 0.316 e. The van der Waals surface area contributed by atoms with Crippen LogP contribution in [0.2, 0.25) is 0 Å². The lowest BCUT2D eigenvalue weighted by Gasteiger charge is -2.32. The van der Waals surface area contributed by atoms with E-state index in [9.17, 15) is 0 Å². The summed E-state index contributed by atoms with van der Waals surface area (Å²) in [6.07, 6.45) is 4.97. The lowest BCUT2D eigenvalue weighted by atomic mass is 9.78. The van der Waals surface area contributed by atoms with Crippen molar-refractivity contribution < 1.29 is 0 Å². The first-order chi connectivity index (χ1) is 9.03. The van der Waals surface area contributed by atoms with Gasteiger partial charge in [-0.3, -0.25) is 0 Å². The average Bonchev–Trinajstić information content (AvgIpc) is 2.79. The normalized spacial score (nSPS) is 12.3. The van der Waals surface area contributed by atoms with Crippen LogP contribution in [0.25, 0.3) is 0 Å². The zero-order chi connectivity index (χ0) is 14.3. The van der Waals surface area contributed by atoms with Gasteiger partial charge < -0.3 is 5.32 Å². The van der Waals surface area contributed by atoms with Crippen molar-refractivity contribution in [1.29, 1.82) is 0 Å². The molecule has 1 rings (SSSR count). The summed E-state index contributed by atoms with van der Waals surface area (Å²) in [7, 11) is 0. The van der Waals surface area contributed by atoms with Gasteiger partial charge in [0.2, 0.25) is 0 Å². The highest BCUT2D eigenvalue weighted by Crippen LogP contribution is 2.32. The second-order valence-electron chi connectivity index (χ2n) is 6.09. The van der Waals surface area contributed by atoms with Crippen molar-refractivity contribution in [2.45, 2.75) is 60.3 Å². The highest BCUT2D eigenvalue weighted by Gasteiger charge is 2.26. The van der Waals surface area contributed by atoms with Crippen molar-refractivity contribution in [3.8, 4) is 0 Å². The first-order valence-electron chi connectivity index (χ1n) is 7.62. The molecule has 0 spiro atoms. The van der Waals surface area contributed by atoms with Gasteiger partial charge in [-0.25, -0.2) is 4.98 Å². The van der Waals surface area contributed by atoms with Gasteiger partial charge in [0.25, 0.3) is 0 Å². The maximum Gasteiger partial charge on any atom is 0.0797 e. The number of nitrogens with one attached hydrogen (secondary N) is 1. The fraction of sp³-hybridized carbons (Fsp3) is 0.812. The SMILES string of the molecule is CCC(CC)(CCc1scnc1C)CNCC(C)C. The summed E-state index contributed by atoms with van der Waals surface area (Å²) in [5.41, 5.74) is 3.65. The molecule has 1 heterocycles. The van der Waals surface area contributed by atoms with E-state index in [-0.39, 0.29) is 0 Å². The van der Waals surface area contributed by atoms with Gasteiger partial charge in [0.05, 0.1) is 11.2 Å². The molecule has 0 aliphatic rings. The third kappa shape index (κ3) is 5.23. The van der Waals surface area contributed by atoms with Crippen LogP contribution in [0.1, 0.15) is 57.5 Å². The summed E-state index contributed by atoms with van der Waals surface area (Å²) < 4.78 is 0. The van der Waals surface area contributed by atoms with E-state index in [4.69, 9.17) is 0 Å². The Hall–Kier alpha value is -0.410. The van der Waals surface area contributed by atoms with Crippen molar-refractivity contribution in [3.05, 3.63) is 16.1 Å².